The van der Waals surface area contributed by atoms with E-state index in [0.717, 1.165) is 29.8 Å². The molecule has 0 aromatic heterocycles. The molecule has 0 radical (unpaired) electrons. The Labute approximate surface area is 132 Å². The molecule has 0 spiro atoms. The summed E-state index contributed by atoms with van der Waals surface area (Å²) in [5, 5.41) is 3.25. The zero-order valence-electron chi connectivity index (χ0n) is 11.5. The van der Waals surface area contributed by atoms with Gasteiger partial charge in [-0.2, -0.15) is 0 Å². The number of nitrogens with one attached hydrogen (secondary N) is 2. The fourth-order valence-corrected chi connectivity index (χ4v) is 4.64. The number of fused-ring (bicyclic) bond motifs is 1. The Hall–Kier alpha value is -1.53. The van der Waals surface area contributed by atoms with Crippen LogP contribution >= 0.6 is 15.9 Å². The predicted molar refractivity (Wildman–Crippen MR) is 88.3 cm³/mol. The molecule has 2 N–H and O–H groups in total. The Bertz CT molecular complexity index is 803. The van der Waals surface area contributed by atoms with Crippen LogP contribution in [0, 0.1) is 6.92 Å². The van der Waals surface area contributed by atoms with Crippen LogP contribution in [0.4, 0.5) is 11.4 Å². The molecular formula is C15H15BrN2O2S. The lowest BCUT2D eigenvalue weighted by atomic mass is 10.1. The van der Waals surface area contributed by atoms with Crippen LogP contribution in [0.2, 0.25) is 0 Å². The van der Waals surface area contributed by atoms with E-state index >= 15 is 0 Å². The van der Waals surface area contributed by atoms with Crippen molar-refractivity contribution in [3.63, 3.8) is 0 Å². The van der Waals surface area contributed by atoms with Gasteiger partial charge in [-0.05, 0) is 70.7 Å². The van der Waals surface area contributed by atoms with Gasteiger partial charge >= 0.3 is 0 Å². The predicted octanol–water partition coefficient (Wildman–Crippen LogP) is 3.53. The lowest BCUT2D eigenvalue weighted by Crippen LogP contribution is -2.13. The highest BCUT2D eigenvalue weighted by Gasteiger charge is 2.19. The van der Waals surface area contributed by atoms with Crippen molar-refractivity contribution in [2.75, 3.05) is 16.6 Å². The average Bonchev–Trinajstić information content (AvgIpc) is 2.85. The van der Waals surface area contributed by atoms with Crippen LogP contribution in [0.1, 0.15) is 11.1 Å². The van der Waals surface area contributed by atoms with Crippen molar-refractivity contribution in [3.05, 3.63) is 52.0 Å². The minimum atomic E-state index is -3.60. The van der Waals surface area contributed by atoms with E-state index in [1.807, 2.05) is 19.1 Å². The van der Waals surface area contributed by atoms with Gasteiger partial charge in [-0.3, -0.25) is 4.72 Å². The Morgan fingerprint density at radius 1 is 1.19 bits per heavy atom. The standard InChI is InChI=1S/C15H15BrN2O2S/c1-10-2-5-15(13(16)8-10)21(19,20)18-12-3-4-14-11(9-12)6-7-17-14/h2-5,8-9,17-18H,6-7H2,1H3. The SMILES string of the molecule is Cc1ccc(S(=O)(=O)Nc2ccc3c(c2)CCN3)c(Br)c1. The molecule has 4 nitrogen and oxygen atoms in total. The fraction of sp³-hybridized carbons (Fsp3) is 0.200. The van der Waals surface area contributed by atoms with Crippen molar-refractivity contribution < 1.29 is 8.42 Å². The number of rotatable bonds is 3. The lowest BCUT2D eigenvalue weighted by molar-refractivity contribution is 0.600. The quantitative estimate of drug-likeness (QED) is 0.873. The van der Waals surface area contributed by atoms with Crippen LogP contribution in [-0.4, -0.2) is 15.0 Å². The van der Waals surface area contributed by atoms with Crippen LogP contribution < -0.4 is 10.0 Å². The van der Waals surface area contributed by atoms with E-state index in [2.05, 4.69) is 26.0 Å². The summed E-state index contributed by atoms with van der Waals surface area (Å²) < 4.78 is 28.2. The minimum absolute atomic E-state index is 0.242. The van der Waals surface area contributed by atoms with Gasteiger partial charge in [-0.1, -0.05) is 6.07 Å². The lowest BCUT2D eigenvalue weighted by Gasteiger charge is -2.11. The summed E-state index contributed by atoms with van der Waals surface area (Å²) >= 11 is 3.32. The Morgan fingerprint density at radius 2 is 2.00 bits per heavy atom. The third-order valence-electron chi connectivity index (χ3n) is 3.44. The molecule has 0 unspecified atom stereocenters. The van der Waals surface area contributed by atoms with E-state index in [-0.39, 0.29) is 4.90 Å². The first kappa shape index (κ1) is 14.4. The molecule has 0 atom stereocenters. The Balaban J connectivity index is 1.92. The van der Waals surface area contributed by atoms with Crippen LogP contribution in [0.15, 0.2) is 45.8 Å². The summed E-state index contributed by atoms with van der Waals surface area (Å²) in [5.41, 5.74) is 3.81. The van der Waals surface area contributed by atoms with Gasteiger partial charge in [0.05, 0.1) is 0 Å². The summed E-state index contributed by atoms with van der Waals surface area (Å²) in [7, 11) is -3.60. The Morgan fingerprint density at radius 3 is 2.76 bits per heavy atom. The fourth-order valence-electron chi connectivity index (χ4n) is 2.40. The summed E-state index contributed by atoms with van der Waals surface area (Å²) in [6, 6.07) is 10.7. The van der Waals surface area contributed by atoms with Crippen LogP contribution in [-0.2, 0) is 16.4 Å². The molecule has 0 saturated carbocycles. The topological polar surface area (TPSA) is 58.2 Å². The minimum Gasteiger partial charge on any atom is -0.384 e. The van der Waals surface area contributed by atoms with Crippen LogP contribution in [0.25, 0.3) is 0 Å². The van der Waals surface area contributed by atoms with Crippen molar-refractivity contribution in [2.24, 2.45) is 0 Å². The number of aryl methyl sites for hydroxylation is 1. The molecule has 1 aliphatic heterocycles. The number of hydrogen-bond acceptors (Lipinski definition) is 3. The maximum Gasteiger partial charge on any atom is 0.263 e. The largest absolute Gasteiger partial charge is 0.384 e. The molecule has 0 saturated heterocycles. The highest BCUT2D eigenvalue weighted by Crippen LogP contribution is 2.28. The van der Waals surface area contributed by atoms with Crippen LogP contribution in [0.3, 0.4) is 0 Å². The van der Waals surface area contributed by atoms with E-state index in [1.54, 1.807) is 24.3 Å². The second-order valence-corrected chi connectivity index (χ2v) is 7.59. The normalized spacial score (nSPS) is 13.6. The molecule has 2 aromatic carbocycles. The van der Waals surface area contributed by atoms with Crippen LogP contribution in [0.5, 0.6) is 0 Å². The van der Waals surface area contributed by atoms with Crippen molar-refractivity contribution in [3.8, 4) is 0 Å². The molecule has 1 aliphatic rings. The van der Waals surface area contributed by atoms with E-state index in [0.29, 0.717) is 10.2 Å². The summed E-state index contributed by atoms with van der Waals surface area (Å²) in [6.45, 7) is 2.82. The molecule has 0 amide bonds. The molecular weight excluding hydrogens is 352 g/mol. The average molecular weight is 367 g/mol. The third kappa shape index (κ3) is 2.91. The maximum atomic E-state index is 12.5. The van der Waals surface area contributed by atoms with Crippen molar-refractivity contribution in [2.45, 2.75) is 18.2 Å². The zero-order chi connectivity index (χ0) is 15.0. The van der Waals surface area contributed by atoms with Crippen molar-refractivity contribution >= 4 is 37.3 Å². The summed E-state index contributed by atoms with van der Waals surface area (Å²) in [6.07, 6.45) is 0.916. The first-order valence-electron chi connectivity index (χ1n) is 6.61. The molecule has 110 valence electrons. The second-order valence-electron chi connectivity index (χ2n) is 5.09. The zero-order valence-corrected chi connectivity index (χ0v) is 13.9. The molecule has 0 bridgehead atoms. The number of halogens is 1. The molecule has 6 heteroatoms. The third-order valence-corrected chi connectivity index (χ3v) is 5.80. The highest BCUT2D eigenvalue weighted by molar-refractivity contribution is 9.10. The van der Waals surface area contributed by atoms with E-state index in [9.17, 15) is 8.42 Å². The van der Waals surface area contributed by atoms with Gasteiger partial charge < -0.3 is 5.32 Å². The van der Waals surface area contributed by atoms with Gasteiger partial charge in [-0.25, -0.2) is 8.42 Å². The number of sulfonamides is 1. The Kier molecular flexibility index (Phi) is 3.67. The molecule has 21 heavy (non-hydrogen) atoms. The van der Waals surface area contributed by atoms with E-state index in [4.69, 9.17) is 0 Å². The first-order chi connectivity index (χ1) is 9.95. The molecule has 1 heterocycles. The van der Waals surface area contributed by atoms with Gasteiger partial charge in [-0.15, -0.1) is 0 Å². The molecule has 0 aliphatic carbocycles. The number of benzene rings is 2. The molecule has 2 aromatic rings. The van der Waals surface area contributed by atoms with Gasteiger partial charge in [0.25, 0.3) is 10.0 Å². The summed E-state index contributed by atoms with van der Waals surface area (Å²) in [5.74, 6) is 0. The van der Waals surface area contributed by atoms with Crippen molar-refractivity contribution in [1.82, 2.24) is 0 Å². The molecule has 3 rings (SSSR count). The summed E-state index contributed by atoms with van der Waals surface area (Å²) in [4.78, 5) is 0.242. The van der Waals surface area contributed by atoms with Gasteiger partial charge in [0.2, 0.25) is 0 Å². The van der Waals surface area contributed by atoms with Gasteiger partial charge in [0.1, 0.15) is 4.90 Å². The maximum absolute atomic E-state index is 12.5. The highest BCUT2D eigenvalue weighted by atomic mass is 79.9. The number of anilines is 2. The van der Waals surface area contributed by atoms with E-state index < -0.39 is 10.0 Å². The monoisotopic (exact) mass is 366 g/mol. The number of hydrogen-bond donors (Lipinski definition) is 2. The van der Waals surface area contributed by atoms with Gasteiger partial charge in [0, 0.05) is 22.4 Å². The second kappa shape index (κ2) is 5.35. The van der Waals surface area contributed by atoms with E-state index in [1.165, 1.54) is 0 Å². The smallest absolute Gasteiger partial charge is 0.263 e. The first-order valence-corrected chi connectivity index (χ1v) is 8.89. The van der Waals surface area contributed by atoms with Gasteiger partial charge in [0.15, 0.2) is 0 Å². The van der Waals surface area contributed by atoms with Crippen molar-refractivity contribution in [1.29, 1.82) is 0 Å². The molecule has 0 fully saturated rings.